The molecule has 0 spiro atoms. The molecule has 2 heterocycles. The van der Waals surface area contributed by atoms with Gasteiger partial charge in [-0.15, -0.1) is 0 Å². The zero-order valence-corrected chi connectivity index (χ0v) is 23.7. The Balaban J connectivity index is 1.57. The van der Waals surface area contributed by atoms with Gasteiger partial charge in [-0.2, -0.15) is 5.10 Å². The van der Waals surface area contributed by atoms with Crippen molar-refractivity contribution in [2.75, 3.05) is 30.7 Å². The Hall–Kier alpha value is -2.59. The van der Waals surface area contributed by atoms with E-state index < -0.39 is 32.8 Å². The van der Waals surface area contributed by atoms with Gasteiger partial charge in [-0.3, -0.25) is 9.89 Å². The zero-order chi connectivity index (χ0) is 27.4. The number of aromatic nitrogens is 2. The Morgan fingerprint density at radius 1 is 1.27 bits per heavy atom. The lowest BCUT2D eigenvalue weighted by molar-refractivity contribution is -0.120. The van der Waals surface area contributed by atoms with Gasteiger partial charge in [-0.1, -0.05) is 26.0 Å². The average molecular weight is 534 g/mol. The van der Waals surface area contributed by atoms with E-state index in [0.29, 0.717) is 11.4 Å². The number of aliphatic hydroxyl groups is 1. The molecule has 1 aromatic heterocycles. The molecule has 0 saturated heterocycles. The summed E-state index contributed by atoms with van der Waals surface area (Å²) in [5.74, 6) is 0.0672. The predicted octanol–water partition coefficient (Wildman–Crippen LogP) is 4.62. The maximum Gasteiger partial charge on any atom is 0.318 e. The van der Waals surface area contributed by atoms with Gasteiger partial charge < -0.3 is 20.6 Å². The van der Waals surface area contributed by atoms with Crippen molar-refractivity contribution in [2.45, 2.75) is 69.8 Å². The van der Waals surface area contributed by atoms with Crippen molar-refractivity contribution in [3.8, 4) is 0 Å². The van der Waals surface area contributed by atoms with Gasteiger partial charge in [0.05, 0.1) is 35.2 Å². The van der Waals surface area contributed by atoms with E-state index in [2.05, 4.69) is 39.6 Å². The van der Waals surface area contributed by atoms with E-state index >= 15 is 0 Å². The molecule has 204 valence electrons. The van der Waals surface area contributed by atoms with Crippen LogP contribution in [0.2, 0.25) is 0 Å². The molecule has 2 aromatic rings. The van der Waals surface area contributed by atoms with Crippen LogP contribution < -0.4 is 10.6 Å². The summed E-state index contributed by atoms with van der Waals surface area (Å²) >= 11 is 0. The number of anilines is 1. The summed E-state index contributed by atoms with van der Waals surface area (Å²) in [6, 6.07) is 5.09. The SMILES string of the molecule is CC(C)(CO)C(NC(=O)N1Cc2c(NC(=O)C3(S(C)(C)C)CCC3)n[nH]c2C1(C)C)c1cccc(F)c1. The third-order valence-corrected chi connectivity index (χ3v) is 11.3. The lowest BCUT2D eigenvalue weighted by atomic mass is 9.81. The minimum Gasteiger partial charge on any atom is -0.396 e. The second kappa shape index (κ2) is 9.31. The second-order valence-corrected chi connectivity index (χ2v) is 16.7. The van der Waals surface area contributed by atoms with Crippen LogP contribution in [-0.4, -0.2) is 62.3 Å². The Labute approximate surface area is 220 Å². The first-order valence-electron chi connectivity index (χ1n) is 12.7. The molecule has 8 nitrogen and oxygen atoms in total. The van der Waals surface area contributed by atoms with Crippen LogP contribution >= 0.6 is 10.0 Å². The van der Waals surface area contributed by atoms with Crippen molar-refractivity contribution >= 4 is 27.8 Å². The normalized spacial score (nSPS) is 19.5. The van der Waals surface area contributed by atoms with Crippen molar-refractivity contribution in [2.24, 2.45) is 5.41 Å². The molecule has 1 fully saturated rings. The number of nitrogens with one attached hydrogen (secondary N) is 3. The van der Waals surface area contributed by atoms with E-state index in [-0.39, 0.29) is 29.8 Å². The number of hydrogen-bond acceptors (Lipinski definition) is 4. The number of nitrogens with zero attached hydrogens (tertiary/aromatic N) is 2. The van der Waals surface area contributed by atoms with Crippen LogP contribution in [0.3, 0.4) is 0 Å². The number of carbonyl (C=O) groups is 2. The van der Waals surface area contributed by atoms with E-state index in [9.17, 15) is 19.1 Å². The third kappa shape index (κ3) is 4.63. The van der Waals surface area contributed by atoms with Gasteiger partial charge in [0.2, 0.25) is 5.91 Å². The lowest BCUT2D eigenvalue weighted by Gasteiger charge is -2.53. The minimum absolute atomic E-state index is 0.00659. The smallest absolute Gasteiger partial charge is 0.318 e. The average Bonchev–Trinajstić information content (AvgIpc) is 3.27. The van der Waals surface area contributed by atoms with Gasteiger partial charge >= 0.3 is 6.03 Å². The Morgan fingerprint density at radius 2 is 1.95 bits per heavy atom. The molecule has 2 aliphatic rings. The highest BCUT2D eigenvalue weighted by molar-refractivity contribution is 8.33. The summed E-state index contributed by atoms with van der Waals surface area (Å²) in [7, 11) is -1.12. The number of H-pyrrole nitrogens is 1. The molecule has 1 saturated carbocycles. The van der Waals surface area contributed by atoms with Crippen molar-refractivity contribution < 1.29 is 19.1 Å². The first kappa shape index (κ1) is 27.4. The third-order valence-electron chi connectivity index (χ3n) is 8.33. The molecule has 4 N–H and O–H groups in total. The molecule has 1 unspecified atom stereocenters. The van der Waals surface area contributed by atoms with Gasteiger partial charge in [0, 0.05) is 11.0 Å². The highest BCUT2D eigenvalue weighted by Crippen LogP contribution is 2.60. The van der Waals surface area contributed by atoms with E-state index in [1.165, 1.54) is 12.1 Å². The van der Waals surface area contributed by atoms with Gasteiger partial charge in [0.1, 0.15) is 5.82 Å². The van der Waals surface area contributed by atoms with Crippen LogP contribution in [0.4, 0.5) is 15.0 Å². The largest absolute Gasteiger partial charge is 0.396 e. The van der Waals surface area contributed by atoms with Crippen LogP contribution in [0.1, 0.15) is 69.8 Å². The number of carbonyl (C=O) groups excluding carboxylic acids is 2. The molecule has 0 radical (unpaired) electrons. The number of rotatable bonds is 7. The van der Waals surface area contributed by atoms with E-state index in [0.717, 1.165) is 30.5 Å². The predicted molar refractivity (Wildman–Crippen MR) is 146 cm³/mol. The minimum atomic E-state index is -1.12. The molecule has 1 aliphatic heterocycles. The number of aliphatic hydroxyl groups excluding tert-OH is 1. The summed E-state index contributed by atoms with van der Waals surface area (Å²) < 4.78 is 13.7. The number of aromatic amines is 1. The first-order valence-corrected chi connectivity index (χ1v) is 15.5. The van der Waals surface area contributed by atoms with Crippen LogP contribution in [0.25, 0.3) is 0 Å². The number of halogens is 1. The van der Waals surface area contributed by atoms with Crippen molar-refractivity contribution in [1.82, 2.24) is 20.4 Å². The Kier molecular flexibility index (Phi) is 6.90. The number of urea groups is 1. The topological polar surface area (TPSA) is 110 Å². The molecular weight excluding hydrogens is 493 g/mol. The monoisotopic (exact) mass is 533 g/mol. The van der Waals surface area contributed by atoms with Crippen LogP contribution in [-0.2, 0) is 16.9 Å². The van der Waals surface area contributed by atoms with Crippen molar-refractivity contribution in [3.63, 3.8) is 0 Å². The Bertz CT molecular complexity index is 1200. The molecule has 37 heavy (non-hydrogen) atoms. The second-order valence-electron chi connectivity index (χ2n) is 12.3. The lowest BCUT2D eigenvalue weighted by Crippen LogP contribution is -2.51. The van der Waals surface area contributed by atoms with Gasteiger partial charge in [0.15, 0.2) is 5.82 Å². The molecular formula is C27H40FN5O3S. The molecule has 4 rings (SSSR count). The number of hydrogen-bond donors (Lipinski definition) is 4. The van der Waals surface area contributed by atoms with Crippen LogP contribution in [0, 0.1) is 11.2 Å². The summed E-state index contributed by atoms with van der Waals surface area (Å²) in [6.45, 7) is 7.54. The van der Waals surface area contributed by atoms with E-state index in [1.54, 1.807) is 17.0 Å². The zero-order valence-electron chi connectivity index (χ0n) is 22.9. The maximum atomic E-state index is 14.0. The molecule has 1 aliphatic carbocycles. The van der Waals surface area contributed by atoms with Gasteiger partial charge in [-0.25, -0.2) is 19.2 Å². The highest BCUT2D eigenvalue weighted by Gasteiger charge is 2.51. The van der Waals surface area contributed by atoms with Gasteiger partial charge in [0.25, 0.3) is 0 Å². The number of amides is 3. The fraction of sp³-hybridized carbons (Fsp3) is 0.593. The molecule has 3 amide bonds. The van der Waals surface area contributed by atoms with E-state index in [4.69, 9.17) is 0 Å². The quantitative estimate of drug-likeness (QED) is 0.416. The van der Waals surface area contributed by atoms with Crippen LogP contribution in [0.15, 0.2) is 24.3 Å². The number of benzene rings is 1. The number of fused-ring (bicyclic) bond motifs is 1. The summed E-state index contributed by atoms with van der Waals surface area (Å²) in [4.78, 5) is 28.8. The van der Waals surface area contributed by atoms with Crippen molar-refractivity contribution in [3.05, 3.63) is 46.9 Å². The van der Waals surface area contributed by atoms with Gasteiger partial charge in [-0.05, 0) is 69.6 Å². The fourth-order valence-corrected chi connectivity index (χ4v) is 7.61. The Morgan fingerprint density at radius 3 is 2.49 bits per heavy atom. The highest BCUT2D eigenvalue weighted by atomic mass is 32.3. The standard InChI is InChI=1S/C27H40FN5O3S/c1-25(2,16-34)20(17-10-8-11-18(28)14-17)29-24(36)33-15-19-21(26(33,3)4)31-32-22(19)30-23(35)27(12-9-13-27)37(5,6)7/h8,10-11,14,20,34H,9,12-13,15-16H2,1-7H3,(H,29,36)(H2,30,31,32,35). The molecule has 1 aromatic carbocycles. The van der Waals surface area contributed by atoms with Crippen LogP contribution in [0.5, 0.6) is 0 Å². The molecule has 10 heteroatoms. The molecule has 0 bridgehead atoms. The molecule has 1 atom stereocenters. The fourth-order valence-electron chi connectivity index (χ4n) is 5.49. The van der Waals surface area contributed by atoms with E-state index in [1.807, 2.05) is 27.7 Å². The summed E-state index contributed by atoms with van der Waals surface area (Å²) in [5, 5.41) is 23.6. The summed E-state index contributed by atoms with van der Waals surface area (Å²) in [5.41, 5.74) is 0.666. The van der Waals surface area contributed by atoms with Crippen molar-refractivity contribution in [1.29, 1.82) is 0 Å². The maximum absolute atomic E-state index is 14.0. The first-order chi connectivity index (χ1) is 17.1. The summed E-state index contributed by atoms with van der Waals surface area (Å²) in [6.07, 6.45) is 9.35.